The topological polar surface area (TPSA) is 103 Å². The van der Waals surface area contributed by atoms with Gasteiger partial charge in [-0.15, -0.1) is 0 Å². The highest BCUT2D eigenvalue weighted by molar-refractivity contribution is 5.94. The van der Waals surface area contributed by atoms with Crippen molar-refractivity contribution in [1.82, 2.24) is 5.32 Å². The monoisotopic (exact) mass is 400 g/mol. The van der Waals surface area contributed by atoms with Crippen LogP contribution in [0.4, 0.5) is 5.69 Å². The molecule has 0 aliphatic carbocycles. The van der Waals surface area contributed by atoms with Gasteiger partial charge >= 0.3 is 5.97 Å². The quantitative estimate of drug-likeness (QED) is 0.360. The molecule has 8 heteroatoms. The van der Waals surface area contributed by atoms with Crippen molar-refractivity contribution in [3.05, 3.63) is 59.7 Å². The molecule has 0 aliphatic heterocycles. The predicted octanol–water partition coefficient (Wildman–Crippen LogP) is 2.14. The van der Waals surface area contributed by atoms with Crippen LogP contribution in [0.15, 0.2) is 48.5 Å². The molecule has 0 heterocycles. The Morgan fingerprint density at radius 3 is 2.55 bits per heavy atom. The first kappa shape index (κ1) is 22.1. The number of esters is 1. The second-order valence-electron chi connectivity index (χ2n) is 6.10. The van der Waals surface area contributed by atoms with Crippen molar-refractivity contribution >= 4 is 23.5 Å². The molecule has 0 unspecified atom stereocenters. The van der Waals surface area contributed by atoms with Crippen molar-refractivity contribution in [2.45, 2.75) is 13.5 Å². The number of ether oxygens (including phenoxy) is 3. The van der Waals surface area contributed by atoms with E-state index in [4.69, 9.17) is 14.2 Å². The van der Waals surface area contributed by atoms with Gasteiger partial charge in [0.15, 0.2) is 0 Å². The maximum atomic E-state index is 12.3. The third-order valence-corrected chi connectivity index (χ3v) is 3.69. The summed E-state index contributed by atoms with van der Waals surface area (Å²) in [5, 5.41) is 5.53. The molecule has 2 N–H and O–H groups in total. The second kappa shape index (κ2) is 11.6. The zero-order valence-corrected chi connectivity index (χ0v) is 16.4. The van der Waals surface area contributed by atoms with Crippen molar-refractivity contribution in [1.29, 1.82) is 0 Å². The Kier molecular flexibility index (Phi) is 8.81. The van der Waals surface area contributed by atoms with Crippen molar-refractivity contribution < 1.29 is 28.6 Å². The molecule has 2 aromatic carbocycles. The Morgan fingerprint density at radius 2 is 1.79 bits per heavy atom. The number of carbonyl (C=O) groups excluding carboxylic acids is 3. The van der Waals surface area contributed by atoms with Crippen LogP contribution in [-0.4, -0.2) is 44.7 Å². The Hall–Kier alpha value is -3.23. The lowest BCUT2D eigenvalue weighted by molar-refractivity contribution is -0.131. The lowest BCUT2D eigenvalue weighted by Crippen LogP contribution is -2.23. The molecule has 0 saturated heterocycles. The van der Waals surface area contributed by atoms with Gasteiger partial charge in [-0.2, -0.15) is 0 Å². The highest BCUT2D eigenvalue weighted by Gasteiger charge is 2.08. The van der Waals surface area contributed by atoms with E-state index in [-0.39, 0.29) is 25.0 Å². The number of anilines is 1. The third-order valence-electron chi connectivity index (χ3n) is 3.69. The van der Waals surface area contributed by atoms with Crippen LogP contribution < -0.4 is 15.4 Å². The summed E-state index contributed by atoms with van der Waals surface area (Å²) in [6.07, 6.45) is 0. The number of hydrogen-bond acceptors (Lipinski definition) is 6. The minimum Gasteiger partial charge on any atom is -0.427 e. The molecule has 8 nitrogen and oxygen atoms in total. The van der Waals surface area contributed by atoms with E-state index in [0.29, 0.717) is 30.2 Å². The number of carbonyl (C=O) groups is 3. The van der Waals surface area contributed by atoms with E-state index in [0.717, 1.165) is 5.56 Å². The van der Waals surface area contributed by atoms with Gasteiger partial charge in [-0.3, -0.25) is 14.4 Å². The lowest BCUT2D eigenvalue weighted by Gasteiger charge is -2.10. The lowest BCUT2D eigenvalue weighted by atomic mass is 10.1. The number of methoxy groups -OCH3 is 1. The maximum absolute atomic E-state index is 12.3. The fraction of sp³-hybridized carbons (Fsp3) is 0.286. The molecule has 2 rings (SSSR count). The van der Waals surface area contributed by atoms with Gasteiger partial charge in [0.05, 0.1) is 13.2 Å². The largest absolute Gasteiger partial charge is 0.427 e. The van der Waals surface area contributed by atoms with Gasteiger partial charge in [0.25, 0.3) is 5.91 Å². The Morgan fingerprint density at radius 1 is 1.00 bits per heavy atom. The average Bonchev–Trinajstić information content (AvgIpc) is 2.69. The highest BCUT2D eigenvalue weighted by Crippen LogP contribution is 2.14. The summed E-state index contributed by atoms with van der Waals surface area (Å²) in [6, 6.07) is 13.5. The molecule has 0 spiro atoms. The van der Waals surface area contributed by atoms with E-state index in [1.807, 2.05) is 6.07 Å². The van der Waals surface area contributed by atoms with Crippen LogP contribution >= 0.6 is 0 Å². The zero-order valence-electron chi connectivity index (χ0n) is 16.4. The molecule has 154 valence electrons. The van der Waals surface area contributed by atoms with Crippen LogP contribution in [0.3, 0.4) is 0 Å². The molecule has 29 heavy (non-hydrogen) atoms. The summed E-state index contributed by atoms with van der Waals surface area (Å²) in [4.78, 5) is 35.2. The fourth-order valence-corrected chi connectivity index (χ4v) is 2.41. The Bertz CT molecular complexity index is 853. The molecule has 2 amide bonds. The summed E-state index contributed by atoms with van der Waals surface area (Å²) < 4.78 is 15.0. The van der Waals surface area contributed by atoms with Crippen LogP contribution in [0.1, 0.15) is 22.8 Å². The van der Waals surface area contributed by atoms with E-state index in [2.05, 4.69) is 10.6 Å². The minimum absolute atomic E-state index is 0.0665. The van der Waals surface area contributed by atoms with Gasteiger partial charge in [-0.05, 0) is 35.9 Å². The van der Waals surface area contributed by atoms with Crippen LogP contribution in [0.2, 0.25) is 0 Å². The molecule has 0 radical (unpaired) electrons. The van der Waals surface area contributed by atoms with Crippen molar-refractivity contribution in [2.24, 2.45) is 0 Å². The predicted molar refractivity (Wildman–Crippen MR) is 107 cm³/mol. The number of rotatable bonds is 10. The second-order valence-corrected chi connectivity index (χ2v) is 6.10. The molecule has 0 atom stereocenters. The van der Waals surface area contributed by atoms with Gasteiger partial charge in [0.2, 0.25) is 5.91 Å². The maximum Gasteiger partial charge on any atom is 0.308 e. The van der Waals surface area contributed by atoms with Gasteiger partial charge < -0.3 is 24.8 Å². The molecular formula is C21H24N2O6. The summed E-state index contributed by atoms with van der Waals surface area (Å²) in [5.74, 6) is -0.724. The summed E-state index contributed by atoms with van der Waals surface area (Å²) in [5.41, 5.74) is 1.79. The van der Waals surface area contributed by atoms with Crippen molar-refractivity contribution in [2.75, 3.05) is 32.2 Å². The summed E-state index contributed by atoms with van der Waals surface area (Å²) in [6.45, 7) is 2.26. The van der Waals surface area contributed by atoms with Crippen molar-refractivity contribution in [3.8, 4) is 5.75 Å². The third kappa shape index (κ3) is 8.12. The first-order valence-electron chi connectivity index (χ1n) is 9.00. The smallest absolute Gasteiger partial charge is 0.308 e. The first-order valence-corrected chi connectivity index (χ1v) is 9.00. The molecule has 0 aliphatic rings. The van der Waals surface area contributed by atoms with E-state index in [1.165, 1.54) is 13.0 Å². The Balaban J connectivity index is 1.87. The number of benzene rings is 2. The molecular weight excluding hydrogens is 376 g/mol. The van der Waals surface area contributed by atoms with Gasteiger partial charge in [0.1, 0.15) is 12.4 Å². The average molecular weight is 400 g/mol. The molecule has 0 bridgehead atoms. The molecule has 0 fully saturated rings. The van der Waals surface area contributed by atoms with Crippen LogP contribution in [0.25, 0.3) is 0 Å². The SMILES string of the molecule is COCCOCC(=O)Nc1cccc(CNC(=O)c2cccc(OC(C)=O)c2)c1. The van der Waals surface area contributed by atoms with Crippen LogP contribution in [0.5, 0.6) is 5.75 Å². The molecule has 0 saturated carbocycles. The summed E-state index contributed by atoms with van der Waals surface area (Å²) >= 11 is 0. The van der Waals surface area contributed by atoms with E-state index in [9.17, 15) is 14.4 Å². The number of nitrogens with one attached hydrogen (secondary N) is 2. The number of amides is 2. The Labute approximate surface area is 169 Å². The van der Waals surface area contributed by atoms with E-state index >= 15 is 0 Å². The minimum atomic E-state index is -0.453. The number of hydrogen-bond donors (Lipinski definition) is 2. The van der Waals surface area contributed by atoms with E-state index in [1.54, 1.807) is 43.5 Å². The first-order chi connectivity index (χ1) is 14.0. The van der Waals surface area contributed by atoms with E-state index < -0.39 is 5.97 Å². The zero-order chi connectivity index (χ0) is 21.1. The van der Waals surface area contributed by atoms with Crippen molar-refractivity contribution in [3.63, 3.8) is 0 Å². The van der Waals surface area contributed by atoms with Crippen LogP contribution in [-0.2, 0) is 25.6 Å². The van der Waals surface area contributed by atoms with Gasteiger partial charge in [-0.25, -0.2) is 0 Å². The van der Waals surface area contributed by atoms with Gasteiger partial charge in [0, 0.05) is 31.8 Å². The normalized spacial score (nSPS) is 10.3. The molecule has 2 aromatic rings. The fourth-order valence-electron chi connectivity index (χ4n) is 2.41. The summed E-state index contributed by atoms with van der Waals surface area (Å²) in [7, 11) is 1.56. The highest BCUT2D eigenvalue weighted by atomic mass is 16.5. The van der Waals surface area contributed by atoms with Crippen LogP contribution in [0, 0.1) is 0 Å². The standard InChI is InChI=1S/C21H24N2O6/c1-15(24)29-19-8-4-6-17(12-19)21(26)22-13-16-5-3-7-18(11-16)23-20(25)14-28-10-9-27-2/h3-8,11-12H,9-10,13-14H2,1-2H3,(H,22,26)(H,23,25). The van der Waals surface area contributed by atoms with Gasteiger partial charge in [-0.1, -0.05) is 18.2 Å². The molecule has 0 aromatic heterocycles.